The van der Waals surface area contributed by atoms with Crippen molar-refractivity contribution >= 4 is 17.5 Å². The van der Waals surface area contributed by atoms with Crippen molar-refractivity contribution in [2.45, 2.75) is 46.1 Å². The minimum atomic E-state index is -0.560. The smallest absolute Gasteiger partial charge is 0.412 e. The second kappa shape index (κ2) is 7.47. The molecule has 5 nitrogen and oxygen atoms in total. The molecule has 0 spiro atoms. The lowest BCUT2D eigenvalue weighted by molar-refractivity contribution is 0.0636. The van der Waals surface area contributed by atoms with Gasteiger partial charge in [0.1, 0.15) is 11.4 Å². The summed E-state index contributed by atoms with van der Waals surface area (Å²) in [6.07, 6.45) is -0.524. The first-order valence-electron chi connectivity index (χ1n) is 8.31. The molecular weight excluding hydrogens is 316 g/mol. The molecule has 0 unspecified atom stereocenters. The van der Waals surface area contributed by atoms with Gasteiger partial charge in [-0.2, -0.15) is 0 Å². The first kappa shape index (κ1) is 18.6. The molecule has 0 radical (unpaired) electrons. The van der Waals surface area contributed by atoms with Gasteiger partial charge in [-0.3, -0.25) is 5.32 Å². The van der Waals surface area contributed by atoms with Crippen molar-refractivity contribution in [2.75, 3.05) is 11.1 Å². The van der Waals surface area contributed by atoms with Gasteiger partial charge in [0.05, 0.1) is 5.69 Å². The Labute approximate surface area is 149 Å². The van der Waals surface area contributed by atoms with Crippen LogP contribution < -0.4 is 15.8 Å². The molecule has 0 aromatic heterocycles. The van der Waals surface area contributed by atoms with Crippen molar-refractivity contribution in [3.05, 3.63) is 48.0 Å². The number of nitrogens with one attached hydrogen (secondary N) is 1. The van der Waals surface area contributed by atoms with Crippen LogP contribution in [0.3, 0.4) is 0 Å². The third-order valence-electron chi connectivity index (χ3n) is 3.43. The van der Waals surface area contributed by atoms with Gasteiger partial charge in [-0.25, -0.2) is 4.79 Å². The fourth-order valence-corrected chi connectivity index (χ4v) is 2.17. The quantitative estimate of drug-likeness (QED) is 0.716. The summed E-state index contributed by atoms with van der Waals surface area (Å²) in [6, 6.07) is 12.9. The summed E-state index contributed by atoms with van der Waals surface area (Å²) in [4.78, 5) is 11.9. The van der Waals surface area contributed by atoms with Gasteiger partial charge >= 0.3 is 6.09 Å². The van der Waals surface area contributed by atoms with E-state index in [1.807, 2.05) is 45.0 Å². The van der Waals surface area contributed by atoms with Crippen molar-refractivity contribution in [2.24, 2.45) is 0 Å². The van der Waals surface area contributed by atoms with Crippen LogP contribution in [0.1, 0.15) is 46.1 Å². The average molecular weight is 342 g/mol. The molecule has 134 valence electrons. The van der Waals surface area contributed by atoms with Crippen molar-refractivity contribution in [3.8, 4) is 11.5 Å². The van der Waals surface area contributed by atoms with Crippen molar-refractivity contribution in [1.82, 2.24) is 0 Å². The summed E-state index contributed by atoms with van der Waals surface area (Å²) >= 11 is 0. The van der Waals surface area contributed by atoms with Gasteiger partial charge in [0.25, 0.3) is 0 Å². The van der Waals surface area contributed by atoms with Gasteiger partial charge in [0.15, 0.2) is 5.75 Å². The van der Waals surface area contributed by atoms with E-state index >= 15 is 0 Å². The summed E-state index contributed by atoms with van der Waals surface area (Å²) in [6.45, 7) is 9.71. The number of amides is 1. The first-order chi connectivity index (χ1) is 11.6. The largest absolute Gasteiger partial charge is 0.455 e. The highest BCUT2D eigenvalue weighted by Gasteiger charge is 2.16. The molecule has 0 fully saturated rings. The lowest BCUT2D eigenvalue weighted by Crippen LogP contribution is -2.27. The van der Waals surface area contributed by atoms with E-state index in [0.717, 1.165) is 0 Å². The molecule has 2 rings (SSSR count). The Morgan fingerprint density at radius 3 is 2.28 bits per heavy atom. The number of carbonyl (C=O) groups excluding carboxylic acids is 1. The van der Waals surface area contributed by atoms with Gasteiger partial charge in [-0.15, -0.1) is 0 Å². The van der Waals surface area contributed by atoms with Crippen LogP contribution in [-0.4, -0.2) is 11.7 Å². The second-order valence-corrected chi connectivity index (χ2v) is 7.21. The Kier molecular flexibility index (Phi) is 5.57. The minimum absolute atomic E-state index is 0.459. The fourth-order valence-electron chi connectivity index (χ4n) is 2.17. The minimum Gasteiger partial charge on any atom is -0.455 e. The number of ether oxygens (including phenoxy) is 2. The lowest BCUT2D eigenvalue weighted by atomic mass is 10.0. The summed E-state index contributed by atoms with van der Waals surface area (Å²) in [7, 11) is 0. The molecule has 0 bridgehead atoms. The van der Waals surface area contributed by atoms with Crippen LogP contribution in [0.25, 0.3) is 0 Å². The van der Waals surface area contributed by atoms with Crippen LogP contribution in [0.2, 0.25) is 0 Å². The number of hydrogen-bond acceptors (Lipinski definition) is 4. The van der Waals surface area contributed by atoms with Crippen molar-refractivity contribution in [1.29, 1.82) is 0 Å². The van der Waals surface area contributed by atoms with Gasteiger partial charge in [-0.1, -0.05) is 26.0 Å². The van der Waals surface area contributed by atoms with E-state index in [0.29, 0.717) is 28.8 Å². The van der Waals surface area contributed by atoms with E-state index in [-0.39, 0.29) is 0 Å². The van der Waals surface area contributed by atoms with Crippen molar-refractivity contribution in [3.63, 3.8) is 0 Å². The molecule has 0 aliphatic heterocycles. The Balaban J connectivity index is 2.12. The number of benzene rings is 2. The molecule has 3 N–H and O–H groups in total. The third-order valence-corrected chi connectivity index (χ3v) is 3.43. The summed E-state index contributed by atoms with van der Waals surface area (Å²) in [5.74, 6) is 1.62. The highest BCUT2D eigenvalue weighted by atomic mass is 16.6. The predicted molar refractivity (Wildman–Crippen MR) is 101 cm³/mol. The zero-order valence-electron chi connectivity index (χ0n) is 15.4. The topological polar surface area (TPSA) is 73.6 Å². The maximum absolute atomic E-state index is 11.9. The predicted octanol–water partition coefficient (Wildman–Crippen LogP) is 5.53. The molecule has 25 heavy (non-hydrogen) atoms. The zero-order chi connectivity index (χ0) is 18.6. The Hall–Kier alpha value is -2.69. The fraction of sp³-hybridized carbons (Fsp3) is 0.350. The number of carbonyl (C=O) groups is 1. The number of nitrogen functional groups attached to an aromatic ring is 1. The molecule has 0 saturated carbocycles. The first-order valence-corrected chi connectivity index (χ1v) is 8.31. The molecule has 2 aromatic rings. The number of nitrogens with two attached hydrogens (primary N) is 1. The Bertz CT molecular complexity index is 732. The maximum atomic E-state index is 11.9. The molecule has 0 saturated heterocycles. The molecule has 1 amide bonds. The number of anilines is 2. The Morgan fingerprint density at radius 2 is 1.72 bits per heavy atom. The van der Waals surface area contributed by atoms with Crippen LogP contribution in [0, 0.1) is 0 Å². The monoisotopic (exact) mass is 342 g/mol. The summed E-state index contributed by atoms with van der Waals surface area (Å²) in [5.41, 5.74) is 7.70. The molecule has 0 atom stereocenters. The molecule has 0 heterocycles. The van der Waals surface area contributed by atoms with Crippen LogP contribution >= 0.6 is 0 Å². The van der Waals surface area contributed by atoms with E-state index in [1.54, 1.807) is 18.2 Å². The summed E-state index contributed by atoms with van der Waals surface area (Å²) in [5, 5.41) is 2.68. The van der Waals surface area contributed by atoms with E-state index in [1.165, 1.54) is 5.56 Å². The van der Waals surface area contributed by atoms with E-state index in [2.05, 4.69) is 19.2 Å². The zero-order valence-corrected chi connectivity index (χ0v) is 15.4. The number of hydrogen-bond donors (Lipinski definition) is 2. The molecule has 5 heteroatoms. The van der Waals surface area contributed by atoms with Gasteiger partial charge in [0.2, 0.25) is 0 Å². The van der Waals surface area contributed by atoms with Crippen LogP contribution in [-0.2, 0) is 4.74 Å². The third kappa shape index (κ3) is 5.71. The van der Waals surface area contributed by atoms with Crippen LogP contribution in [0.15, 0.2) is 42.5 Å². The van der Waals surface area contributed by atoms with Crippen molar-refractivity contribution < 1.29 is 14.3 Å². The van der Waals surface area contributed by atoms with Gasteiger partial charge in [0, 0.05) is 11.8 Å². The highest BCUT2D eigenvalue weighted by Crippen LogP contribution is 2.31. The van der Waals surface area contributed by atoms with Gasteiger partial charge < -0.3 is 15.2 Å². The van der Waals surface area contributed by atoms with E-state index < -0.39 is 11.7 Å². The van der Waals surface area contributed by atoms with Gasteiger partial charge in [-0.05, 0) is 56.5 Å². The van der Waals surface area contributed by atoms with E-state index in [9.17, 15) is 4.79 Å². The standard InChI is InChI=1S/C20H26N2O3/c1-13(2)14-6-9-16(10-7-14)24-18-12-15(8-11-17(18)21)22-19(23)25-20(3,4)5/h6-13H,21H2,1-5H3,(H,22,23). The van der Waals surface area contributed by atoms with Crippen LogP contribution in [0.4, 0.5) is 16.2 Å². The second-order valence-electron chi connectivity index (χ2n) is 7.21. The van der Waals surface area contributed by atoms with Crippen LogP contribution in [0.5, 0.6) is 11.5 Å². The Morgan fingerprint density at radius 1 is 1.08 bits per heavy atom. The highest BCUT2D eigenvalue weighted by molar-refractivity contribution is 5.85. The molecular formula is C20H26N2O3. The lowest BCUT2D eigenvalue weighted by Gasteiger charge is -2.20. The average Bonchev–Trinajstić information content (AvgIpc) is 2.49. The molecule has 0 aliphatic rings. The molecule has 2 aromatic carbocycles. The normalized spacial score (nSPS) is 11.3. The van der Waals surface area contributed by atoms with E-state index in [4.69, 9.17) is 15.2 Å². The number of rotatable bonds is 4. The summed E-state index contributed by atoms with van der Waals surface area (Å²) < 4.78 is 11.1. The maximum Gasteiger partial charge on any atom is 0.412 e. The SMILES string of the molecule is CC(C)c1ccc(Oc2cc(NC(=O)OC(C)(C)C)ccc2N)cc1. The molecule has 0 aliphatic carbocycles.